The molecule has 2 aromatic heterocycles. The summed E-state index contributed by atoms with van der Waals surface area (Å²) in [6.45, 7) is 1.88. The first-order chi connectivity index (χ1) is 15.9. The topological polar surface area (TPSA) is 89.7 Å². The Balaban J connectivity index is 0.00000241. The Morgan fingerprint density at radius 2 is 2.16 bits per heavy atom. The number of aryl methyl sites for hydroxylation is 1. The van der Waals surface area contributed by atoms with E-state index >= 15 is 0 Å². The van der Waals surface area contributed by atoms with Crippen LogP contribution in [0.1, 0.15) is 31.1 Å². The molecule has 8 heteroatoms. The van der Waals surface area contributed by atoms with Crippen LogP contribution >= 0.6 is 0 Å². The minimum Gasteiger partial charge on any atom is -0.510 e. The van der Waals surface area contributed by atoms with Crippen molar-refractivity contribution in [2.75, 3.05) is 0 Å². The average molecular weight is 607 g/mol. The van der Waals surface area contributed by atoms with E-state index in [0.717, 1.165) is 11.1 Å². The van der Waals surface area contributed by atoms with Crippen LogP contribution in [0.5, 0.6) is 17.5 Å². The van der Waals surface area contributed by atoms with Crippen LogP contribution < -0.4 is 4.74 Å². The average Bonchev–Trinajstić information content (AvgIpc) is 3.33. The van der Waals surface area contributed by atoms with Crippen molar-refractivity contribution in [3.8, 4) is 17.5 Å². The SMILES string of the molecule is [2H]C1([2H])c2cnccc2[C@H]2OC(c3[c-]c(Oc4ncc5cc(C)cc(O)c5n4)ccc3)=N[C@H]21.[Pt]. The quantitative estimate of drug-likeness (QED) is 0.354. The Morgan fingerprint density at radius 1 is 1.25 bits per heavy atom. The molecule has 7 nitrogen and oxygen atoms in total. The first-order valence-corrected chi connectivity index (χ1v) is 9.76. The number of pyridine rings is 1. The van der Waals surface area contributed by atoms with Gasteiger partial charge in [-0.05, 0) is 48.2 Å². The van der Waals surface area contributed by atoms with E-state index in [0.29, 0.717) is 33.7 Å². The summed E-state index contributed by atoms with van der Waals surface area (Å²) in [7, 11) is 0. The summed E-state index contributed by atoms with van der Waals surface area (Å²) in [6, 6.07) is 13.0. The van der Waals surface area contributed by atoms with E-state index in [-0.39, 0.29) is 32.8 Å². The van der Waals surface area contributed by atoms with Crippen LogP contribution in [0.3, 0.4) is 0 Å². The van der Waals surface area contributed by atoms with Crippen LogP contribution in [-0.2, 0) is 32.2 Å². The molecule has 3 heterocycles. The number of ether oxygens (including phenoxy) is 2. The molecule has 0 fully saturated rings. The molecule has 32 heavy (non-hydrogen) atoms. The van der Waals surface area contributed by atoms with Crippen molar-refractivity contribution in [2.45, 2.75) is 25.4 Å². The Hall–Kier alpha value is -3.31. The molecular formula is C24H17N4O3Pt-. The van der Waals surface area contributed by atoms with Gasteiger partial charge in [-0.15, -0.1) is 18.2 Å². The third-order valence-electron chi connectivity index (χ3n) is 5.23. The zero-order chi connectivity index (χ0) is 22.7. The van der Waals surface area contributed by atoms with Crippen molar-refractivity contribution in [2.24, 2.45) is 4.99 Å². The number of fused-ring (bicyclic) bond motifs is 4. The number of hydrogen-bond donors (Lipinski definition) is 1. The maximum atomic E-state index is 10.2. The zero-order valence-electron chi connectivity index (χ0n) is 18.7. The van der Waals surface area contributed by atoms with E-state index in [2.05, 4.69) is 26.0 Å². The van der Waals surface area contributed by atoms with Crippen molar-refractivity contribution in [1.82, 2.24) is 15.0 Å². The Labute approximate surface area is 201 Å². The number of benzene rings is 2. The van der Waals surface area contributed by atoms with Crippen LogP contribution in [0, 0.1) is 13.0 Å². The summed E-state index contributed by atoms with van der Waals surface area (Å²) in [4.78, 5) is 17.1. The van der Waals surface area contributed by atoms with Gasteiger partial charge in [0.25, 0.3) is 0 Å². The maximum Gasteiger partial charge on any atom is 0.321 e. The molecular weight excluding hydrogens is 587 g/mol. The molecule has 0 saturated carbocycles. The molecule has 1 aliphatic carbocycles. The number of rotatable bonds is 3. The number of hydrogen-bond acceptors (Lipinski definition) is 7. The molecule has 2 aliphatic rings. The molecule has 0 saturated heterocycles. The minimum atomic E-state index is -1.68. The molecule has 6 rings (SSSR count). The van der Waals surface area contributed by atoms with Crippen LogP contribution in [0.4, 0.5) is 0 Å². The second-order valence-corrected chi connectivity index (χ2v) is 7.43. The summed E-state index contributed by atoms with van der Waals surface area (Å²) < 4.78 is 28.8. The fourth-order valence-corrected chi connectivity index (χ4v) is 3.85. The van der Waals surface area contributed by atoms with Gasteiger partial charge in [-0.3, -0.25) is 9.98 Å². The van der Waals surface area contributed by atoms with Gasteiger partial charge < -0.3 is 14.6 Å². The number of aromatic hydroxyl groups is 1. The van der Waals surface area contributed by atoms with E-state index in [1.165, 1.54) is 6.20 Å². The fourth-order valence-electron chi connectivity index (χ4n) is 3.85. The molecule has 2 aromatic carbocycles. The monoisotopic (exact) mass is 606 g/mol. The fraction of sp³-hybridized carbons (Fsp3) is 0.167. The van der Waals surface area contributed by atoms with Gasteiger partial charge in [0.15, 0.2) is 0 Å². The second-order valence-electron chi connectivity index (χ2n) is 7.43. The minimum absolute atomic E-state index is 0. The summed E-state index contributed by atoms with van der Waals surface area (Å²) >= 11 is 0. The van der Waals surface area contributed by atoms with Crippen LogP contribution in [0.25, 0.3) is 10.9 Å². The van der Waals surface area contributed by atoms with Crippen LogP contribution in [0.15, 0.2) is 60.0 Å². The van der Waals surface area contributed by atoms with Crippen molar-refractivity contribution >= 4 is 16.8 Å². The van der Waals surface area contributed by atoms with E-state index in [1.807, 2.05) is 13.0 Å². The van der Waals surface area contributed by atoms with Gasteiger partial charge in [-0.25, -0.2) is 4.98 Å². The predicted octanol–water partition coefficient (Wildman–Crippen LogP) is 4.07. The van der Waals surface area contributed by atoms with Gasteiger partial charge in [0.2, 0.25) is 0 Å². The third-order valence-corrected chi connectivity index (χ3v) is 5.23. The normalized spacial score (nSPS) is 20.8. The molecule has 162 valence electrons. The summed E-state index contributed by atoms with van der Waals surface area (Å²) in [6.07, 6.45) is 2.57. The molecule has 4 aromatic rings. The zero-order valence-corrected chi connectivity index (χ0v) is 19.0. The van der Waals surface area contributed by atoms with E-state index in [9.17, 15) is 5.11 Å². The Bertz CT molecular complexity index is 1460. The molecule has 0 unspecified atom stereocenters. The van der Waals surface area contributed by atoms with Crippen LogP contribution in [0.2, 0.25) is 0 Å². The largest absolute Gasteiger partial charge is 0.510 e. The van der Waals surface area contributed by atoms with Crippen molar-refractivity contribution in [3.05, 3.63) is 83.3 Å². The third kappa shape index (κ3) is 3.52. The number of nitrogens with zero attached hydrogens (tertiary/aromatic N) is 4. The predicted molar refractivity (Wildman–Crippen MR) is 113 cm³/mol. The van der Waals surface area contributed by atoms with E-state index in [4.69, 9.17) is 12.2 Å². The van der Waals surface area contributed by atoms with Gasteiger partial charge in [0, 0.05) is 53.5 Å². The second kappa shape index (κ2) is 7.99. The number of aliphatic imine (C=N–C) groups is 1. The van der Waals surface area contributed by atoms with E-state index < -0.39 is 18.5 Å². The smallest absolute Gasteiger partial charge is 0.321 e. The van der Waals surface area contributed by atoms with Crippen LogP contribution in [-0.4, -0.2) is 32.0 Å². The first-order valence-electron chi connectivity index (χ1n) is 10.8. The van der Waals surface area contributed by atoms with Crippen molar-refractivity contribution < 1.29 is 38.4 Å². The van der Waals surface area contributed by atoms with Gasteiger partial charge in [0.05, 0.1) is 6.04 Å². The molecule has 2 atom stereocenters. The molecule has 1 N–H and O–H groups in total. The van der Waals surface area contributed by atoms with Gasteiger partial charge >= 0.3 is 6.01 Å². The molecule has 0 radical (unpaired) electrons. The summed E-state index contributed by atoms with van der Waals surface area (Å²) in [5.74, 6) is 0.698. The van der Waals surface area contributed by atoms with Gasteiger partial charge in [-0.1, -0.05) is 11.6 Å². The number of aromatic nitrogens is 3. The number of phenolic OH excluding ortho intramolecular Hbond substituents is 1. The standard InChI is InChI=1S/C24H17N4O3.Pt/c1-13-7-16-12-26-24(28-21(16)20(29)8-13)30-17-4-2-3-14(9-17)23-27-19-10-15-11-25-6-5-18(15)22(19)31-23;/h2-8,11-12,19,22,29H,10H2,1H3;/q-1;/t19-,22+;/m0./s1/i10D2;. The molecule has 0 spiro atoms. The maximum absolute atomic E-state index is 10.2. The molecule has 1 aliphatic heterocycles. The van der Waals surface area contributed by atoms with Crippen molar-refractivity contribution in [3.63, 3.8) is 0 Å². The van der Waals surface area contributed by atoms with Gasteiger partial charge in [0.1, 0.15) is 23.3 Å². The Morgan fingerprint density at radius 3 is 3.06 bits per heavy atom. The molecule has 0 amide bonds. The molecule has 0 bridgehead atoms. The first kappa shape index (κ1) is 18.3. The number of phenols is 1. The Kier molecular flexibility index (Phi) is 4.56. The van der Waals surface area contributed by atoms with Crippen molar-refractivity contribution in [1.29, 1.82) is 0 Å². The van der Waals surface area contributed by atoms with Gasteiger partial charge in [-0.2, -0.15) is 4.98 Å². The summed E-state index contributed by atoms with van der Waals surface area (Å²) in [5, 5.41) is 10.9. The summed E-state index contributed by atoms with van der Waals surface area (Å²) in [5.41, 5.74) is 3.10. The van der Waals surface area contributed by atoms with E-state index in [1.54, 1.807) is 42.7 Å².